The Morgan fingerprint density at radius 1 is 1.04 bits per heavy atom. The number of fused-ring (bicyclic) bond motifs is 1. The Kier molecular flexibility index (Phi) is 4.27. The molecule has 26 heavy (non-hydrogen) atoms. The first kappa shape index (κ1) is 18.0. The maximum atomic E-state index is 12.6. The third kappa shape index (κ3) is 3.30. The molecule has 5 nitrogen and oxygen atoms in total. The Hall–Kier alpha value is -2.81. The van der Waals surface area contributed by atoms with Crippen molar-refractivity contribution in [1.29, 1.82) is 0 Å². The van der Waals surface area contributed by atoms with Crippen molar-refractivity contribution < 1.29 is 30.2 Å². The monoisotopic (exact) mass is 384 g/mol. The van der Waals surface area contributed by atoms with Crippen LogP contribution in [-0.4, -0.2) is 13.9 Å². The molecular formula is C17H11F3O5S. The third-order valence-electron chi connectivity index (χ3n) is 3.60. The van der Waals surface area contributed by atoms with Gasteiger partial charge < -0.3 is 8.60 Å². The largest absolute Gasteiger partial charge is 0.534 e. The van der Waals surface area contributed by atoms with Crippen LogP contribution in [0.1, 0.15) is 5.56 Å². The summed E-state index contributed by atoms with van der Waals surface area (Å²) in [7, 11) is -5.80. The normalized spacial score (nSPS) is 12.3. The molecule has 2 aromatic carbocycles. The van der Waals surface area contributed by atoms with Crippen LogP contribution < -0.4 is 9.61 Å². The molecule has 1 aromatic heterocycles. The second kappa shape index (κ2) is 6.17. The quantitative estimate of drug-likeness (QED) is 0.504. The highest BCUT2D eigenvalue weighted by Crippen LogP contribution is 2.29. The van der Waals surface area contributed by atoms with Gasteiger partial charge in [-0.2, -0.15) is 21.6 Å². The van der Waals surface area contributed by atoms with Gasteiger partial charge in [0.2, 0.25) is 0 Å². The van der Waals surface area contributed by atoms with E-state index in [4.69, 9.17) is 4.42 Å². The molecule has 0 spiro atoms. The molecule has 0 bridgehead atoms. The fourth-order valence-corrected chi connectivity index (χ4v) is 2.72. The smallest absolute Gasteiger partial charge is 0.463 e. The summed E-state index contributed by atoms with van der Waals surface area (Å²) in [6.07, 6.45) is 1.16. The van der Waals surface area contributed by atoms with E-state index in [1.807, 2.05) is 19.1 Å². The molecule has 0 N–H and O–H groups in total. The number of halogens is 3. The van der Waals surface area contributed by atoms with E-state index in [0.717, 1.165) is 30.0 Å². The lowest BCUT2D eigenvalue weighted by Crippen LogP contribution is -2.28. The van der Waals surface area contributed by atoms with E-state index in [9.17, 15) is 26.4 Å². The summed E-state index contributed by atoms with van der Waals surface area (Å²) in [6.45, 7) is 1.89. The molecule has 9 heteroatoms. The van der Waals surface area contributed by atoms with Gasteiger partial charge in [0.25, 0.3) is 0 Å². The Labute approximate surface area is 145 Å². The molecule has 0 aliphatic rings. The van der Waals surface area contributed by atoms with Crippen LogP contribution in [0, 0.1) is 6.92 Å². The van der Waals surface area contributed by atoms with Crippen molar-refractivity contribution >= 4 is 21.1 Å². The van der Waals surface area contributed by atoms with Crippen LogP contribution in [0.25, 0.3) is 22.1 Å². The minimum atomic E-state index is -5.80. The van der Waals surface area contributed by atoms with Crippen LogP contribution in [0.5, 0.6) is 5.75 Å². The standard InChI is InChI=1S/C17H11F3O5S/c1-10-2-4-11(5-3-10)14-9-24-15-8-12(6-7-13(15)16(14)21)25-26(22,23)17(18,19)20/h2-9H,1H3. The lowest BCUT2D eigenvalue weighted by atomic mass is 10.0. The first-order chi connectivity index (χ1) is 12.1. The minimum absolute atomic E-state index is 0.0832. The van der Waals surface area contributed by atoms with Crippen LogP contribution in [-0.2, 0) is 10.1 Å². The molecule has 0 saturated heterocycles. The third-order valence-corrected chi connectivity index (χ3v) is 4.58. The van der Waals surface area contributed by atoms with Crippen LogP contribution in [0.3, 0.4) is 0 Å². The second-order valence-electron chi connectivity index (χ2n) is 5.49. The molecular weight excluding hydrogens is 373 g/mol. The molecule has 1 heterocycles. The molecule has 0 amide bonds. The maximum absolute atomic E-state index is 12.6. The number of benzene rings is 2. The molecule has 3 aromatic rings. The van der Waals surface area contributed by atoms with Crippen molar-refractivity contribution in [2.24, 2.45) is 0 Å². The van der Waals surface area contributed by atoms with Gasteiger partial charge in [0.15, 0.2) is 5.43 Å². The van der Waals surface area contributed by atoms with Gasteiger partial charge in [-0.05, 0) is 24.6 Å². The lowest BCUT2D eigenvalue weighted by Gasteiger charge is -2.10. The van der Waals surface area contributed by atoms with E-state index in [0.29, 0.717) is 5.56 Å². The first-order valence-electron chi connectivity index (χ1n) is 7.22. The number of aryl methyl sites for hydroxylation is 1. The Bertz CT molecular complexity index is 1130. The van der Waals surface area contributed by atoms with E-state index in [-0.39, 0.29) is 16.5 Å². The predicted molar refractivity (Wildman–Crippen MR) is 88.3 cm³/mol. The van der Waals surface area contributed by atoms with Gasteiger partial charge in [0.1, 0.15) is 17.6 Å². The SMILES string of the molecule is Cc1ccc(-c2coc3cc(OS(=O)(=O)C(F)(F)F)ccc3c2=O)cc1. The zero-order valence-corrected chi connectivity index (χ0v) is 14.0. The van der Waals surface area contributed by atoms with Crippen molar-refractivity contribution in [3.63, 3.8) is 0 Å². The number of hydrogen-bond acceptors (Lipinski definition) is 5. The molecule has 0 fully saturated rings. The predicted octanol–water partition coefficient (Wildman–Crippen LogP) is 4.00. The summed E-state index contributed by atoms with van der Waals surface area (Å²) in [6, 6.07) is 10.1. The van der Waals surface area contributed by atoms with Gasteiger partial charge >= 0.3 is 15.6 Å². The van der Waals surface area contributed by atoms with E-state index in [2.05, 4.69) is 4.18 Å². The highest BCUT2D eigenvalue weighted by Gasteiger charge is 2.48. The van der Waals surface area contributed by atoms with Gasteiger partial charge in [0.05, 0.1) is 10.9 Å². The van der Waals surface area contributed by atoms with Gasteiger partial charge in [-0.15, -0.1) is 0 Å². The van der Waals surface area contributed by atoms with Gasteiger partial charge in [-0.25, -0.2) is 0 Å². The molecule has 0 saturated carbocycles. The Morgan fingerprint density at radius 3 is 2.31 bits per heavy atom. The summed E-state index contributed by atoms with van der Waals surface area (Å²) in [4.78, 5) is 12.6. The average molecular weight is 384 g/mol. The maximum Gasteiger partial charge on any atom is 0.534 e. The molecule has 0 aliphatic heterocycles. The molecule has 3 rings (SSSR count). The van der Waals surface area contributed by atoms with Crippen LogP contribution in [0.2, 0.25) is 0 Å². The molecule has 0 radical (unpaired) electrons. The fourth-order valence-electron chi connectivity index (χ4n) is 2.27. The summed E-state index contributed by atoms with van der Waals surface area (Å²) in [5, 5.41) is 0.0832. The number of alkyl halides is 3. The van der Waals surface area contributed by atoms with Crippen molar-refractivity contribution in [3.05, 3.63) is 64.5 Å². The zero-order valence-electron chi connectivity index (χ0n) is 13.2. The summed E-state index contributed by atoms with van der Waals surface area (Å²) in [5.41, 5.74) is -4.16. The van der Waals surface area contributed by atoms with Crippen LogP contribution in [0.4, 0.5) is 13.2 Å². The number of hydrogen-bond donors (Lipinski definition) is 0. The fraction of sp³-hybridized carbons (Fsp3) is 0.118. The summed E-state index contributed by atoms with van der Waals surface area (Å²) in [5.74, 6) is -0.610. The topological polar surface area (TPSA) is 73.6 Å². The van der Waals surface area contributed by atoms with Crippen LogP contribution in [0.15, 0.2) is 57.9 Å². The lowest BCUT2D eigenvalue weighted by molar-refractivity contribution is -0.0500. The first-order valence-corrected chi connectivity index (χ1v) is 8.63. The van der Waals surface area contributed by atoms with Crippen molar-refractivity contribution in [2.75, 3.05) is 0 Å². The molecule has 0 atom stereocenters. The van der Waals surface area contributed by atoms with Gasteiger partial charge in [-0.1, -0.05) is 29.8 Å². The van der Waals surface area contributed by atoms with Gasteiger partial charge in [0, 0.05) is 6.07 Å². The van der Waals surface area contributed by atoms with Gasteiger partial charge in [-0.3, -0.25) is 4.79 Å². The average Bonchev–Trinajstić information content (AvgIpc) is 2.55. The zero-order chi connectivity index (χ0) is 19.1. The summed E-state index contributed by atoms with van der Waals surface area (Å²) < 4.78 is 68.6. The minimum Gasteiger partial charge on any atom is -0.463 e. The molecule has 0 unspecified atom stereocenters. The molecule has 136 valence electrons. The van der Waals surface area contributed by atoms with E-state index >= 15 is 0 Å². The van der Waals surface area contributed by atoms with Crippen molar-refractivity contribution in [2.45, 2.75) is 12.4 Å². The van der Waals surface area contributed by atoms with Crippen LogP contribution >= 0.6 is 0 Å². The highest BCUT2D eigenvalue weighted by molar-refractivity contribution is 7.88. The van der Waals surface area contributed by atoms with E-state index < -0.39 is 26.8 Å². The number of rotatable bonds is 3. The van der Waals surface area contributed by atoms with Crippen molar-refractivity contribution in [1.82, 2.24) is 0 Å². The van der Waals surface area contributed by atoms with Crippen molar-refractivity contribution in [3.8, 4) is 16.9 Å². The molecule has 0 aliphatic carbocycles. The van der Waals surface area contributed by atoms with E-state index in [1.54, 1.807) is 12.1 Å². The second-order valence-corrected chi connectivity index (χ2v) is 7.02. The Morgan fingerprint density at radius 2 is 1.69 bits per heavy atom. The Balaban J connectivity index is 2.04. The summed E-state index contributed by atoms with van der Waals surface area (Å²) >= 11 is 0. The van der Waals surface area contributed by atoms with E-state index in [1.165, 1.54) is 0 Å². The highest BCUT2D eigenvalue weighted by atomic mass is 32.2.